The van der Waals surface area contributed by atoms with E-state index in [-0.39, 0.29) is 5.69 Å². The van der Waals surface area contributed by atoms with E-state index in [0.717, 1.165) is 23.6 Å². The summed E-state index contributed by atoms with van der Waals surface area (Å²) in [6.45, 7) is 0. The Bertz CT molecular complexity index is 318. The van der Waals surface area contributed by atoms with Gasteiger partial charge in [0, 0.05) is 17.4 Å². The number of aromatic carboxylic acids is 1. The Morgan fingerprint density at radius 3 is 3.15 bits per heavy atom. The monoisotopic (exact) mass is 198 g/mol. The van der Waals surface area contributed by atoms with Crippen LogP contribution in [0.1, 0.15) is 28.5 Å². The molecule has 13 heavy (non-hydrogen) atoms. The van der Waals surface area contributed by atoms with Crippen molar-refractivity contribution in [2.75, 3.05) is 11.5 Å². The number of nitrogens with zero attached hydrogens (tertiary/aromatic N) is 1. The molecule has 1 aliphatic rings. The van der Waals surface area contributed by atoms with Gasteiger partial charge in [0.05, 0.1) is 0 Å². The third-order valence-electron chi connectivity index (χ3n) is 2.19. The molecule has 0 aromatic carbocycles. The molecule has 1 fully saturated rings. The lowest BCUT2D eigenvalue weighted by Gasteiger charge is -2.01. The second-order valence-electron chi connectivity index (χ2n) is 3.07. The molecule has 0 aliphatic carbocycles. The highest BCUT2D eigenvalue weighted by Crippen LogP contribution is 2.31. The maximum absolute atomic E-state index is 10.5. The molecular formula is C8H10N2O2S. The van der Waals surface area contributed by atoms with Crippen molar-refractivity contribution in [2.24, 2.45) is 0 Å². The number of H-pyrrole nitrogens is 1. The van der Waals surface area contributed by atoms with E-state index in [1.807, 2.05) is 11.8 Å². The molecule has 0 radical (unpaired) electrons. The highest BCUT2D eigenvalue weighted by Gasteiger charge is 2.20. The van der Waals surface area contributed by atoms with E-state index in [0.29, 0.717) is 5.92 Å². The number of carbonyl (C=O) groups is 1. The van der Waals surface area contributed by atoms with Crippen molar-refractivity contribution in [3.8, 4) is 0 Å². The number of aromatic nitrogens is 2. The molecule has 1 atom stereocenters. The van der Waals surface area contributed by atoms with Crippen LogP contribution in [0.25, 0.3) is 0 Å². The summed E-state index contributed by atoms with van der Waals surface area (Å²) >= 11 is 1.90. The predicted molar refractivity (Wildman–Crippen MR) is 50.2 cm³/mol. The van der Waals surface area contributed by atoms with Crippen LogP contribution in [-0.2, 0) is 0 Å². The topological polar surface area (TPSA) is 66.0 Å². The fourth-order valence-corrected chi connectivity index (χ4v) is 2.68. The van der Waals surface area contributed by atoms with Crippen LogP contribution in [0.3, 0.4) is 0 Å². The summed E-state index contributed by atoms with van der Waals surface area (Å²) in [7, 11) is 0. The van der Waals surface area contributed by atoms with Crippen LogP contribution in [0.15, 0.2) is 6.07 Å². The average molecular weight is 198 g/mol. The minimum Gasteiger partial charge on any atom is -0.476 e. The number of nitrogens with one attached hydrogen (secondary N) is 1. The number of thioether (sulfide) groups is 1. The summed E-state index contributed by atoms with van der Waals surface area (Å²) < 4.78 is 0. The lowest BCUT2D eigenvalue weighted by Crippen LogP contribution is -1.96. The van der Waals surface area contributed by atoms with Gasteiger partial charge in [0.1, 0.15) is 0 Å². The van der Waals surface area contributed by atoms with Crippen LogP contribution in [0.5, 0.6) is 0 Å². The van der Waals surface area contributed by atoms with Gasteiger partial charge in [-0.1, -0.05) is 0 Å². The zero-order valence-electron chi connectivity index (χ0n) is 6.99. The van der Waals surface area contributed by atoms with Crippen LogP contribution in [0, 0.1) is 0 Å². The summed E-state index contributed by atoms with van der Waals surface area (Å²) in [5, 5.41) is 15.2. The van der Waals surface area contributed by atoms with Crippen molar-refractivity contribution in [2.45, 2.75) is 12.3 Å². The molecule has 0 saturated carbocycles. The Hall–Kier alpha value is -0.970. The summed E-state index contributed by atoms with van der Waals surface area (Å²) in [4.78, 5) is 10.5. The first-order valence-corrected chi connectivity index (χ1v) is 5.29. The first-order valence-electron chi connectivity index (χ1n) is 4.13. The highest BCUT2D eigenvalue weighted by atomic mass is 32.2. The fraction of sp³-hybridized carbons (Fsp3) is 0.500. The summed E-state index contributed by atoms with van der Waals surface area (Å²) in [5.74, 6) is 1.73. The molecular weight excluding hydrogens is 188 g/mol. The third-order valence-corrected chi connectivity index (χ3v) is 3.35. The molecule has 1 saturated heterocycles. The van der Waals surface area contributed by atoms with Gasteiger partial charge in [-0.15, -0.1) is 0 Å². The summed E-state index contributed by atoms with van der Waals surface area (Å²) in [6.07, 6.45) is 1.12. The van der Waals surface area contributed by atoms with Crippen LogP contribution < -0.4 is 0 Å². The normalized spacial score (nSPS) is 22.0. The number of aromatic amines is 1. The Morgan fingerprint density at radius 1 is 1.77 bits per heavy atom. The van der Waals surface area contributed by atoms with Crippen molar-refractivity contribution in [3.05, 3.63) is 17.5 Å². The van der Waals surface area contributed by atoms with E-state index in [9.17, 15) is 4.79 Å². The fourth-order valence-electron chi connectivity index (χ4n) is 1.44. The maximum atomic E-state index is 10.5. The molecule has 4 nitrogen and oxygen atoms in total. The lowest BCUT2D eigenvalue weighted by molar-refractivity contribution is 0.0690. The quantitative estimate of drug-likeness (QED) is 0.752. The van der Waals surface area contributed by atoms with Gasteiger partial charge in [0.15, 0.2) is 5.69 Å². The maximum Gasteiger partial charge on any atom is 0.356 e. The molecule has 5 heteroatoms. The number of rotatable bonds is 2. The van der Waals surface area contributed by atoms with Crippen LogP contribution >= 0.6 is 11.8 Å². The van der Waals surface area contributed by atoms with Gasteiger partial charge in [-0.2, -0.15) is 16.9 Å². The molecule has 1 aliphatic heterocycles. The zero-order valence-corrected chi connectivity index (χ0v) is 7.80. The molecule has 1 unspecified atom stereocenters. The van der Waals surface area contributed by atoms with E-state index >= 15 is 0 Å². The minimum absolute atomic E-state index is 0.118. The number of hydrogen-bond acceptors (Lipinski definition) is 3. The second-order valence-corrected chi connectivity index (χ2v) is 4.22. The average Bonchev–Trinajstić information content (AvgIpc) is 2.75. The van der Waals surface area contributed by atoms with E-state index in [4.69, 9.17) is 5.11 Å². The molecule has 0 bridgehead atoms. The first-order chi connectivity index (χ1) is 6.27. The molecule has 70 valence electrons. The SMILES string of the molecule is O=C(O)c1cc(C2CCSC2)[nH]n1. The second kappa shape index (κ2) is 3.41. The van der Waals surface area contributed by atoms with E-state index in [2.05, 4.69) is 10.2 Å². The minimum atomic E-state index is -0.965. The smallest absolute Gasteiger partial charge is 0.356 e. The molecule has 0 amide bonds. The van der Waals surface area contributed by atoms with E-state index in [1.54, 1.807) is 6.07 Å². The van der Waals surface area contributed by atoms with Crippen molar-refractivity contribution in [1.82, 2.24) is 10.2 Å². The Balaban J connectivity index is 2.16. The highest BCUT2D eigenvalue weighted by molar-refractivity contribution is 7.99. The van der Waals surface area contributed by atoms with Gasteiger partial charge in [-0.3, -0.25) is 5.10 Å². The van der Waals surface area contributed by atoms with Crippen LogP contribution in [0.2, 0.25) is 0 Å². The van der Waals surface area contributed by atoms with Gasteiger partial charge < -0.3 is 5.11 Å². The van der Waals surface area contributed by atoms with Gasteiger partial charge in [-0.05, 0) is 18.2 Å². The molecule has 2 rings (SSSR count). The molecule has 0 spiro atoms. The van der Waals surface area contributed by atoms with Gasteiger partial charge in [0.2, 0.25) is 0 Å². The first kappa shape index (κ1) is 8.62. The van der Waals surface area contributed by atoms with Crippen LogP contribution in [0.4, 0.5) is 0 Å². The van der Waals surface area contributed by atoms with Crippen molar-refractivity contribution in [1.29, 1.82) is 0 Å². The van der Waals surface area contributed by atoms with Crippen molar-refractivity contribution < 1.29 is 9.90 Å². The largest absolute Gasteiger partial charge is 0.476 e. The lowest BCUT2D eigenvalue weighted by atomic mass is 10.1. The Labute approximate surface area is 79.7 Å². The van der Waals surface area contributed by atoms with E-state index < -0.39 is 5.97 Å². The molecule has 1 aromatic heterocycles. The summed E-state index contributed by atoms with van der Waals surface area (Å²) in [6, 6.07) is 1.64. The van der Waals surface area contributed by atoms with Gasteiger partial charge in [0.25, 0.3) is 0 Å². The van der Waals surface area contributed by atoms with Crippen molar-refractivity contribution in [3.63, 3.8) is 0 Å². The standard InChI is InChI=1S/C8H10N2O2S/c11-8(12)7-3-6(9-10-7)5-1-2-13-4-5/h3,5H,1-2,4H2,(H,9,10)(H,11,12). The molecule has 2 N–H and O–H groups in total. The Morgan fingerprint density at radius 2 is 2.62 bits per heavy atom. The predicted octanol–water partition coefficient (Wildman–Crippen LogP) is 1.33. The molecule has 1 aromatic rings. The Kier molecular flexibility index (Phi) is 2.26. The van der Waals surface area contributed by atoms with Gasteiger partial charge in [-0.25, -0.2) is 4.79 Å². The molecule has 2 heterocycles. The van der Waals surface area contributed by atoms with E-state index in [1.165, 1.54) is 0 Å². The van der Waals surface area contributed by atoms with Crippen LogP contribution in [-0.4, -0.2) is 32.8 Å². The number of carboxylic acid groups (broad SMARTS) is 1. The van der Waals surface area contributed by atoms with Crippen molar-refractivity contribution >= 4 is 17.7 Å². The number of carboxylic acids is 1. The zero-order chi connectivity index (χ0) is 9.26. The van der Waals surface area contributed by atoms with Gasteiger partial charge >= 0.3 is 5.97 Å². The summed E-state index contributed by atoms with van der Waals surface area (Å²) in [5.41, 5.74) is 1.08. The third kappa shape index (κ3) is 1.70. The number of hydrogen-bond donors (Lipinski definition) is 2.